The molecule has 0 saturated carbocycles. The van der Waals surface area contributed by atoms with E-state index in [1.807, 2.05) is 32.0 Å². The fourth-order valence-corrected chi connectivity index (χ4v) is 3.77. The highest BCUT2D eigenvalue weighted by molar-refractivity contribution is 6.03. The zero-order chi connectivity index (χ0) is 22.8. The third-order valence-corrected chi connectivity index (χ3v) is 5.34. The minimum absolute atomic E-state index is 0.222. The van der Waals surface area contributed by atoms with Crippen molar-refractivity contribution in [2.75, 3.05) is 7.11 Å². The van der Waals surface area contributed by atoms with E-state index in [1.54, 1.807) is 48.5 Å². The molecule has 160 valence electrons. The molecule has 0 aliphatic carbocycles. The number of para-hydroxylation sites is 1. The van der Waals surface area contributed by atoms with Gasteiger partial charge in [0.25, 0.3) is 5.56 Å². The summed E-state index contributed by atoms with van der Waals surface area (Å²) in [5, 5.41) is 12.2. The molecular weight excluding hydrogens is 404 g/mol. The molecule has 0 unspecified atom stereocenters. The fraction of sp³-hybridized carbons (Fsp3) is 0.115. The average Bonchev–Trinajstić information content (AvgIpc) is 2.80. The Bertz CT molecular complexity index is 1430. The second-order valence-corrected chi connectivity index (χ2v) is 7.48. The Morgan fingerprint density at radius 1 is 1.00 bits per heavy atom. The summed E-state index contributed by atoms with van der Waals surface area (Å²) >= 11 is 0. The number of nitrogens with zero attached hydrogens (tertiary/aromatic N) is 2. The number of carbonyl (C=O) groups is 1. The smallest absolute Gasteiger partial charge is 0.340 e. The van der Waals surface area contributed by atoms with Crippen molar-refractivity contribution in [3.05, 3.63) is 99.3 Å². The number of aliphatic imine (C=N–C) groups is 1. The Balaban J connectivity index is 1.98. The first-order chi connectivity index (χ1) is 15.4. The van der Waals surface area contributed by atoms with Crippen molar-refractivity contribution in [1.82, 2.24) is 4.57 Å². The zero-order valence-corrected chi connectivity index (χ0v) is 18.0. The maximum absolute atomic E-state index is 13.3. The number of aryl methyl sites for hydroxylation is 2. The Kier molecular flexibility index (Phi) is 5.60. The van der Waals surface area contributed by atoms with Crippen molar-refractivity contribution in [3.63, 3.8) is 0 Å². The molecule has 1 N–H and O–H groups in total. The van der Waals surface area contributed by atoms with Gasteiger partial charge in [-0.3, -0.25) is 9.79 Å². The number of benzene rings is 3. The first kappa shape index (κ1) is 21.1. The van der Waals surface area contributed by atoms with Gasteiger partial charge in [-0.05, 0) is 43.7 Å². The van der Waals surface area contributed by atoms with E-state index in [1.165, 1.54) is 17.9 Å². The molecule has 0 bridgehead atoms. The monoisotopic (exact) mass is 426 g/mol. The fourth-order valence-electron chi connectivity index (χ4n) is 3.77. The summed E-state index contributed by atoms with van der Waals surface area (Å²) in [4.78, 5) is 29.8. The second-order valence-electron chi connectivity index (χ2n) is 7.48. The van der Waals surface area contributed by atoms with Crippen molar-refractivity contribution in [3.8, 4) is 11.6 Å². The van der Waals surface area contributed by atoms with E-state index >= 15 is 0 Å². The lowest BCUT2D eigenvalue weighted by Crippen LogP contribution is -2.21. The molecule has 0 aliphatic heterocycles. The number of carbonyl (C=O) groups excluding carboxylic acids is 1. The van der Waals surface area contributed by atoms with Crippen molar-refractivity contribution in [2.45, 2.75) is 13.8 Å². The number of fused-ring (bicyclic) bond motifs is 1. The van der Waals surface area contributed by atoms with Crippen LogP contribution in [-0.2, 0) is 4.74 Å². The van der Waals surface area contributed by atoms with Crippen LogP contribution in [0.5, 0.6) is 5.88 Å². The normalized spacial score (nSPS) is 11.2. The van der Waals surface area contributed by atoms with Crippen LogP contribution in [0.2, 0.25) is 0 Å². The molecular formula is C26H22N2O4. The van der Waals surface area contributed by atoms with Crippen LogP contribution in [0, 0.1) is 13.8 Å². The van der Waals surface area contributed by atoms with Gasteiger partial charge in [0.2, 0.25) is 5.88 Å². The highest BCUT2D eigenvalue weighted by Gasteiger charge is 2.18. The van der Waals surface area contributed by atoms with E-state index < -0.39 is 5.97 Å². The summed E-state index contributed by atoms with van der Waals surface area (Å²) in [5.41, 5.74) is 3.26. The topological polar surface area (TPSA) is 80.9 Å². The zero-order valence-electron chi connectivity index (χ0n) is 18.0. The van der Waals surface area contributed by atoms with E-state index in [4.69, 9.17) is 4.74 Å². The van der Waals surface area contributed by atoms with Crippen molar-refractivity contribution in [1.29, 1.82) is 0 Å². The Morgan fingerprint density at radius 2 is 1.69 bits per heavy atom. The minimum Gasteiger partial charge on any atom is -0.494 e. The number of pyridine rings is 1. The van der Waals surface area contributed by atoms with Gasteiger partial charge in [0.15, 0.2) is 0 Å². The summed E-state index contributed by atoms with van der Waals surface area (Å²) in [5.74, 6) is -0.730. The summed E-state index contributed by atoms with van der Waals surface area (Å²) in [6.07, 6.45) is 1.47. The van der Waals surface area contributed by atoms with Crippen molar-refractivity contribution < 1.29 is 14.6 Å². The first-order valence-electron chi connectivity index (χ1n) is 10.1. The van der Waals surface area contributed by atoms with Gasteiger partial charge in [0.1, 0.15) is 0 Å². The molecule has 0 radical (unpaired) electrons. The molecule has 1 heterocycles. The number of methoxy groups -OCH3 is 1. The van der Waals surface area contributed by atoms with E-state index in [0.717, 1.165) is 11.1 Å². The van der Waals surface area contributed by atoms with Crippen LogP contribution in [-0.4, -0.2) is 29.0 Å². The van der Waals surface area contributed by atoms with E-state index in [9.17, 15) is 14.7 Å². The Hall–Kier alpha value is -4.19. The highest BCUT2D eigenvalue weighted by atomic mass is 16.5. The number of aromatic hydroxyl groups is 1. The molecule has 4 rings (SSSR count). The predicted molar refractivity (Wildman–Crippen MR) is 126 cm³/mol. The van der Waals surface area contributed by atoms with Gasteiger partial charge in [-0.2, -0.15) is 0 Å². The van der Waals surface area contributed by atoms with Crippen LogP contribution in [0.25, 0.3) is 16.5 Å². The molecule has 4 aromatic rings. The molecule has 0 amide bonds. The minimum atomic E-state index is -0.507. The third kappa shape index (κ3) is 3.67. The molecule has 0 saturated heterocycles. The van der Waals surface area contributed by atoms with Crippen molar-refractivity contribution >= 4 is 28.6 Å². The lowest BCUT2D eigenvalue weighted by molar-refractivity contribution is 0.0601. The van der Waals surface area contributed by atoms with E-state index in [2.05, 4.69) is 4.99 Å². The molecule has 6 nitrogen and oxygen atoms in total. The quantitative estimate of drug-likeness (QED) is 0.374. The SMILES string of the molecule is COC(=O)c1ccccc1N=Cc1c(O)n(-c2ccc(C)cc2C)c(=O)c2ccccc12. The molecule has 32 heavy (non-hydrogen) atoms. The molecule has 0 fully saturated rings. The van der Waals surface area contributed by atoms with Gasteiger partial charge >= 0.3 is 5.97 Å². The molecule has 0 spiro atoms. The lowest BCUT2D eigenvalue weighted by Gasteiger charge is -2.16. The molecule has 6 heteroatoms. The van der Waals surface area contributed by atoms with Gasteiger partial charge < -0.3 is 9.84 Å². The van der Waals surface area contributed by atoms with Crippen LogP contribution in [0.3, 0.4) is 0 Å². The molecule has 3 aromatic carbocycles. The second kappa shape index (κ2) is 8.51. The van der Waals surface area contributed by atoms with E-state index in [-0.39, 0.29) is 11.4 Å². The van der Waals surface area contributed by atoms with Crippen molar-refractivity contribution in [2.24, 2.45) is 4.99 Å². The summed E-state index contributed by atoms with van der Waals surface area (Å²) in [6.45, 7) is 3.86. The number of rotatable bonds is 4. The van der Waals surface area contributed by atoms with Gasteiger partial charge in [-0.25, -0.2) is 9.36 Å². The standard InChI is InChI=1S/C26H22N2O4/c1-16-12-13-23(17(2)14-16)28-24(29)19-9-5-4-8-18(19)21(25(28)30)15-27-22-11-7-6-10-20(22)26(31)32-3/h4-15,30H,1-3H3. The van der Waals surface area contributed by atoms with Gasteiger partial charge in [0, 0.05) is 17.0 Å². The summed E-state index contributed by atoms with van der Waals surface area (Å²) < 4.78 is 6.13. The van der Waals surface area contributed by atoms with Crippen LogP contribution >= 0.6 is 0 Å². The third-order valence-electron chi connectivity index (χ3n) is 5.34. The van der Waals surface area contributed by atoms with Crippen LogP contribution < -0.4 is 5.56 Å². The van der Waals surface area contributed by atoms with Crippen LogP contribution in [0.15, 0.2) is 76.5 Å². The Morgan fingerprint density at radius 3 is 2.41 bits per heavy atom. The van der Waals surface area contributed by atoms with Crippen LogP contribution in [0.4, 0.5) is 5.69 Å². The maximum atomic E-state index is 13.3. The largest absolute Gasteiger partial charge is 0.494 e. The number of ether oxygens (including phenoxy) is 1. The predicted octanol–water partition coefficient (Wildman–Crippen LogP) is 4.85. The number of hydrogen-bond donors (Lipinski definition) is 1. The van der Waals surface area contributed by atoms with Gasteiger partial charge in [0.05, 0.1) is 29.6 Å². The summed E-state index contributed by atoms with van der Waals surface area (Å²) in [7, 11) is 1.31. The number of aromatic nitrogens is 1. The molecule has 0 atom stereocenters. The summed E-state index contributed by atoms with van der Waals surface area (Å²) in [6, 6.07) is 19.5. The lowest BCUT2D eigenvalue weighted by atomic mass is 10.1. The molecule has 1 aromatic heterocycles. The number of hydrogen-bond acceptors (Lipinski definition) is 5. The van der Waals surface area contributed by atoms with Crippen LogP contribution in [0.1, 0.15) is 27.0 Å². The van der Waals surface area contributed by atoms with Gasteiger partial charge in [-0.1, -0.05) is 48.0 Å². The van der Waals surface area contributed by atoms with E-state index in [0.29, 0.717) is 33.3 Å². The molecule has 0 aliphatic rings. The first-order valence-corrected chi connectivity index (χ1v) is 10.1. The maximum Gasteiger partial charge on any atom is 0.340 e. The average molecular weight is 426 g/mol. The number of esters is 1. The Labute approximate surface area is 185 Å². The van der Waals surface area contributed by atoms with Gasteiger partial charge in [-0.15, -0.1) is 0 Å². The highest BCUT2D eigenvalue weighted by Crippen LogP contribution is 2.28.